The number of hydrogen-bond acceptors (Lipinski definition) is 7. The van der Waals surface area contributed by atoms with Gasteiger partial charge in [-0.1, -0.05) is 0 Å². The Kier molecular flexibility index (Phi) is 4.96. The molecule has 0 aliphatic carbocycles. The molecular formula is C18H25N5OS. The summed E-state index contributed by atoms with van der Waals surface area (Å²) in [5, 5.41) is 6.26. The minimum Gasteiger partial charge on any atom is -0.381 e. The second kappa shape index (κ2) is 7.35. The number of aryl methyl sites for hydroxylation is 2. The molecule has 0 bridgehead atoms. The zero-order valence-electron chi connectivity index (χ0n) is 14.9. The van der Waals surface area contributed by atoms with Crippen molar-refractivity contribution in [3.63, 3.8) is 0 Å². The zero-order chi connectivity index (χ0) is 17.2. The van der Waals surface area contributed by atoms with E-state index >= 15 is 0 Å². The number of nitrogens with one attached hydrogen (secondary N) is 1. The number of rotatable bonds is 4. The van der Waals surface area contributed by atoms with Gasteiger partial charge in [0, 0.05) is 48.9 Å². The van der Waals surface area contributed by atoms with Crippen LogP contribution >= 0.6 is 11.3 Å². The van der Waals surface area contributed by atoms with Crippen molar-refractivity contribution in [1.82, 2.24) is 19.9 Å². The maximum absolute atomic E-state index is 5.50. The summed E-state index contributed by atoms with van der Waals surface area (Å²) in [4.78, 5) is 16.6. The Bertz CT molecular complexity index is 728. The summed E-state index contributed by atoms with van der Waals surface area (Å²) >= 11 is 1.60. The molecule has 0 radical (unpaired) electrons. The van der Waals surface area contributed by atoms with Crippen LogP contribution in [0.2, 0.25) is 0 Å². The van der Waals surface area contributed by atoms with E-state index in [2.05, 4.69) is 15.2 Å². The molecule has 0 aromatic carbocycles. The molecule has 0 saturated carbocycles. The summed E-state index contributed by atoms with van der Waals surface area (Å²) in [5.41, 5.74) is 2.03. The van der Waals surface area contributed by atoms with Crippen molar-refractivity contribution in [2.75, 3.05) is 31.6 Å². The number of likely N-dealkylation sites (tertiary alicyclic amines) is 1. The van der Waals surface area contributed by atoms with Crippen molar-refractivity contribution in [1.29, 1.82) is 0 Å². The van der Waals surface area contributed by atoms with Crippen LogP contribution in [0.1, 0.15) is 42.4 Å². The lowest BCUT2D eigenvalue weighted by Gasteiger charge is -2.30. The highest BCUT2D eigenvalue weighted by atomic mass is 32.1. The SMILES string of the molecule is Cc1cc(Nc2nc(C)cs2)nc([C@@H]2CCN(C3CCOCC3)C2)n1. The van der Waals surface area contributed by atoms with Gasteiger partial charge in [-0.3, -0.25) is 4.90 Å². The van der Waals surface area contributed by atoms with Crippen molar-refractivity contribution in [2.45, 2.75) is 45.1 Å². The first kappa shape index (κ1) is 16.9. The van der Waals surface area contributed by atoms with Crippen LogP contribution < -0.4 is 5.32 Å². The van der Waals surface area contributed by atoms with Gasteiger partial charge in [-0.25, -0.2) is 15.0 Å². The van der Waals surface area contributed by atoms with Gasteiger partial charge in [-0.05, 0) is 39.7 Å². The van der Waals surface area contributed by atoms with Crippen molar-refractivity contribution < 1.29 is 4.74 Å². The minimum absolute atomic E-state index is 0.418. The van der Waals surface area contributed by atoms with Crippen LogP contribution in [0.4, 0.5) is 10.9 Å². The lowest BCUT2D eigenvalue weighted by Crippen LogP contribution is -2.37. The van der Waals surface area contributed by atoms with Crippen LogP contribution in [0.15, 0.2) is 11.4 Å². The zero-order valence-corrected chi connectivity index (χ0v) is 15.7. The number of anilines is 2. The van der Waals surface area contributed by atoms with E-state index in [1.165, 1.54) is 0 Å². The Morgan fingerprint density at radius 1 is 1.12 bits per heavy atom. The van der Waals surface area contributed by atoms with E-state index in [-0.39, 0.29) is 0 Å². The molecule has 2 aromatic heterocycles. The molecule has 6 nitrogen and oxygen atoms in total. The molecule has 134 valence electrons. The Hall–Kier alpha value is -1.57. The fourth-order valence-corrected chi connectivity index (χ4v) is 4.43. The molecule has 4 heterocycles. The fraction of sp³-hybridized carbons (Fsp3) is 0.611. The van der Waals surface area contributed by atoms with Crippen LogP contribution in [0, 0.1) is 13.8 Å². The second-order valence-corrected chi connectivity index (χ2v) is 7.85. The molecule has 2 aliphatic heterocycles. The van der Waals surface area contributed by atoms with E-state index in [1.807, 2.05) is 25.3 Å². The normalized spacial score (nSPS) is 22.4. The van der Waals surface area contributed by atoms with Crippen molar-refractivity contribution in [2.24, 2.45) is 0 Å². The summed E-state index contributed by atoms with van der Waals surface area (Å²) in [6.45, 7) is 8.03. The maximum atomic E-state index is 5.50. The van der Waals surface area contributed by atoms with Crippen molar-refractivity contribution in [3.05, 3.63) is 28.7 Å². The monoisotopic (exact) mass is 359 g/mol. The largest absolute Gasteiger partial charge is 0.381 e. The third-order valence-corrected chi connectivity index (χ3v) is 5.89. The van der Waals surface area contributed by atoms with Crippen LogP contribution in [0.3, 0.4) is 0 Å². The lowest BCUT2D eigenvalue weighted by atomic mass is 10.1. The van der Waals surface area contributed by atoms with E-state index < -0.39 is 0 Å². The summed E-state index contributed by atoms with van der Waals surface area (Å²) in [6, 6.07) is 2.66. The first-order chi connectivity index (χ1) is 12.2. The van der Waals surface area contributed by atoms with Gasteiger partial charge in [0.1, 0.15) is 11.6 Å². The average molecular weight is 359 g/mol. The van der Waals surface area contributed by atoms with E-state index in [0.717, 1.165) is 73.7 Å². The molecule has 1 atom stereocenters. The van der Waals surface area contributed by atoms with Crippen molar-refractivity contribution >= 4 is 22.3 Å². The summed E-state index contributed by atoms with van der Waals surface area (Å²) in [7, 11) is 0. The van der Waals surface area contributed by atoms with Gasteiger partial charge < -0.3 is 10.1 Å². The van der Waals surface area contributed by atoms with Crippen LogP contribution in [-0.4, -0.2) is 52.2 Å². The molecule has 0 amide bonds. The predicted octanol–water partition coefficient (Wildman–Crippen LogP) is 3.26. The molecule has 0 unspecified atom stereocenters. The van der Waals surface area contributed by atoms with Gasteiger partial charge in [-0.15, -0.1) is 11.3 Å². The van der Waals surface area contributed by atoms with Gasteiger partial charge in [0.25, 0.3) is 0 Å². The Morgan fingerprint density at radius 3 is 2.72 bits per heavy atom. The summed E-state index contributed by atoms with van der Waals surface area (Å²) in [6.07, 6.45) is 3.44. The second-order valence-electron chi connectivity index (χ2n) is 7.00. The smallest absolute Gasteiger partial charge is 0.188 e. The third-order valence-electron chi connectivity index (χ3n) is 5.02. The minimum atomic E-state index is 0.418. The number of nitrogens with zero attached hydrogens (tertiary/aromatic N) is 4. The molecule has 0 spiro atoms. The first-order valence-corrected chi connectivity index (χ1v) is 9.92. The van der Waals surface area contributed by atoms with E-state index in [1.54, 1.807) is 11.3 Å². The Labute approximate surface area is 152 Å². The molecule has 1 N–H and O–H groups in total. The van der Waals surface area contributed by atoms with E-state index in [4.69, 9.17) is 14.7 Å². The van der Waals surface area contributed by atoms with Gasteiger partial charge in [0.2, 0.25) is 0 Å². The maximum Gasteiger partial charge on any atom is 0.188 e. The van der Waals surface area contributed by atoms with Gasteiger partial charge in [0.05, 0.1) is 5.69 Å². The first-order valence-electron chi connectivity index (χ1n) is 9.04. The van der Waals surface area contributed by atoms with Crippen LogP contribution in [-0.2, 0) is 4.74 Å². The Balaban J connectivity index is 1.46. The predicted molar refractivity (Wildman–Crippen MR) is 99.7 cm³/mol. The number of ether oxygens (including phenoxy) is 1. The summed E-state index contributed by atoms with van der Waals surface area (Å²) < 4.78 is 5.50. The molecule has 2 aliphatic rings. The number of aromatic nitrogens is 3. The van der Waals surface area contributed by atoms with Crippen LogP contribution in [0.25, 0.3) is 0 Å². The Morgan fingerprint density at radius 2 is 1.96 bits per heavy atom. The van der Waals surface area contributed by atoms with E-state index in [9.17, 15) is 0 Å². The topological polar surface area (TPSA) is 63.2 Å². The molecule has 2 saturated heterocycles. The van der Waals surface area contributed by atoms with E-state index in [0.29, 0.717) is 12.0 Å². The highest BCUT2D eigenvalue weighted by Gasteiger charge is 2.31. The average Bonchev–Trinajstić information content (AvgIpc) is 3.24. The lowest BCUT2D eigenvalue weighted by molar-refractivity contribution is 0.0419. The van der Waals surface area contributed by atoms with Gasteiger partial charge in [0.15, 0.2) is 5.13 Å². The van der Waals surface area contributed by atoms with Gasteiger partial charge >= 0.3 is 0 Å². The quantitative estimate of drug-likeness (QED) is 0.904. The molecule has 4 rings (SSSR count). The van der Waals surface area contributed by atoms with Gasteiger partial charge in [-0.2, -0.15) is 0 Å². The fourth-order valence-electron chi connectivity index (χ4n) is 3.74. The third kappa shape index (κ3) is 3.99. The molecule has 7 heteroatoms. The number of thiazole rings is 1. The standard InChI is InChI=1S/C18H25N5OS/c1-12-9-16(22-18-20-13(2)11-25-18)21-17(19-12)14-3-6-23(10-14)15-4-7-24-8-5-15/h9,11,14-15H,3-8,10H2,1-2H3,(H,19,20,21,22)/t14-/m1/s1. The summed E-state index contributed by atoms with van der Waals surface area (Å²) in [5.74, 6) is 2.23. The number of hydrogen-bond donors (Lipinski definition) is 1. The molecule has 2 fully saturated rings. The van der Waals surface area contributed by atoms with Crippen LogP contribution in [0.5, 0.6) is 0 Å². The highest BCUT2D eigenvalue weighted by Crippen LogP contribution is 2.30. The molecule has 25 heavy (non-hydrogen) atoms. The molecule has 2 aromatic rings. The van der Waals surface area contributed by atoms with Crippen molar-refractivity contribution in [3.8, 4) is 0 Å². The highest BCUT2D eigenvalue weighted by molar-refractivity contribution is 7.13. The molecular weight excluding hydrogens is 334 g/mol.